The number of nitrogens with zero attached hydrogens (tertiary/aromatic N) is 6. The van der Waals surface area contributed by atoms with Crippen molar-refractivity contribution in [2.24, 2.45) is 5.73 Å². The lowest BCUT2D eigenvalue weighted by Crippen LogP contribution is -2.30. The topological polar surface area (TPSA) is 85.3 Å². The molecule has 0 spiro atoms. The molecule has 1 atom stereocenters. The Bertz CT molecular complexity index is 1610. The Morgan fingerprint density at radius 2 is 1.58 bits per heavy atom. The zero-order valence-electron chi connectivity index (χ0n) is 24.2. The predicted octanol–water partition coefficient (Wildman–Crippen LogP) is 6.25. The van der Waals surface area contributed by atoms with Gasteiger partial charge in [0.25, 0.3) is 5.95 Å². The molecule has 0 bridgehead atoms. The van der Waals surface area contributed by atoms with Crippen molar-refractivity contribution in [2.45, 2.75) is 64.1 Å². The van der Waals surface area contributed by atoms with E-state index in [4.69, 9.17) is 10.5 Å². The van der Waals surface area contributed by atoms with Crippen LogP contribution in [0.2, 0.25) is 0 Å². The zero-order valence-corrected chi connectivity index (χ0v) is 24.2. The maximum Gasteiger partial charge on any atom is 0.416 e. The van der Waals surface area contributed by atoms with Gasteiger partial charge in [0.2, 0.25) is 0 Å². The van der Waals surface area contributed by atoms with Crippen LogP contribution in [0.5, 0.6) is 0 Å². The minimum Gasteiger partial charge on any atom is -0.372 e. The van der Waals surface area contributed by atoms with E-state index in [2.05, 4.69) is 26.4 Å². The number of ether oxygens (including phenoxy) is 1. The van der Waals surface area contributed by atoms with Gasteiger partial charge in [0.15, 0.2) is 0 Å². The largest absolute Gasteiger partial charge is 0.416 e. The highest BCUT2D eigenvalue weighted by Gasteiger charge is 2.38. The summed E-state index contributed by atoms with van der Waals surface area (Å²) < 4.78 is 88.5. The quantitative estimate of drug-likeness (QED) is 0.230. The lowest BCUT2D eigenvalue weighted by Gasteiger charge is -2.33. The van der Waals surface area contributed by atoms with Crippen molar-refractivity contribution < 1.29 is 31.1 Å². The van der Waals surface area contributed by atoms with Crippen LogP contribution in [0.1, 0.15) is 57.8 Å². The molecule has 0 amide bonds. The van der Waals surface area contributed by atoms with Crippen molar-refractivity contribution in [2.75, 3.05) is 22.9 Å². The highest BCUT2D eigenvalue weighted by atomic mass is 19.4. The number of hydrogen-bond donors (Lipinski definition) is 1. The summed E-state index contributed by atoms with van der Waals surface area (Å²) in [5.74, 6) is 0.0821. The van der Waals surface area contributed by atoms with Gasteiger partial charge in [-0.25, -0.2) is 0 Å². The highest BCUT2D eigenvalue weighted by Crippen LogP contribution is 2.43. The van der Waals surface area contributed by atoms with E-state index in [0.717, 1.165) is 40.1 Å². The molecule has 1 aromatic heterocycles. The molecule has 2 N–H and O–H groups in total. The van der Waals surface area contributed by atoms with Gasteiger partial charge in [-0.2, -0.15) is 31.1 Å². The fraction of sp³-hybridized carbons (Fsp3) is 0.387. The van der Waals surface area contributed by atoms with Crippen molar-refractivity contribution in [3.63, 3.8) is 0 Å². The van der Waals surface area contributed by atoms with E-state index in [1.54, 1.807) is 4.90 Å². The average molecular weight is 632 g/mol. The number of nitrogens with two attached hydrogens (primary N) is 1. The maximum absolute atomic E-state index is 13.8. The molecule has 14 heteroatoms. The second-order valence-electron chi connectivity index (χ2n) is 11.3. The number of fused-ring (bicyclic) bond motifs is 2. The van der Waals surface area contributed by atoms with Crippen molar-refractivity contribution in [3.05, 3.63) is 99.6 Å². The molecule has 2 aliphatic heterocycles. The van der Waals surface area contributed by atoms with E-state index in [-0.39, 0.29) is 37.2 Å². The molecule has 1 unspecified atom stereocenters. The number of benzene rings is 3. The number of tetrazole rings is 1. The number of halogens is 6. The Balaban J connectivity index is 1.47. The average Bonchev–Trinajstić information content (AvgIpc) is 3.62. The number of anilines is 2. The fourth-order valence-electron chi connectivity index (χ4n) is 6.01. The first-order chi connectivity index (χ1) is 21.5. The molecule has 3 aromatic carbocycles. The van der Waals surface area contributed by atoms with Crippen LogP contribution in [-0.4, -0.2) is 33.3 Å². The predicted molar refractivity (Wildman–Crippen MR) is 154 cm³/mol. The van der Waals surface area contributed by atoms with Crippen molar-refractivity contribution >= 4 is 11.6 Å². The summed E-state index contributed by atoms with van der Waals surface area (Å²) in [4.78, 5) is 5.18. The number of rotatable bonds is 8. The third kappa shape index (κ3) is 6.76. The van der Waals surface area contributed by atoms with Crippen LogP contribution in [0.3, 0.4) is 0 Å². The molecule has 2 aliphatic rings. The number of alkyl halides is 6. The molecule has 0 aliphatic carbocycles. The van der Waals surface area contributed by atoms with E-state index < -0.39 is 29.5 Å². The van der Waals surface area contributed by atoms with E-state index in [1.165, 1.54) is 4.80 Å². The Hall–Kier alpha value is -4.17. The van der Waals surface area contributed by atoms with Crippen molar-refractivity contribution in [1.82, 2.24) is 20.2 Å². The van der Waals surface area contributed by atoms with Gasteiger partial charge in [-0.15, -0.1) is 5.10 Å². The van der Waals surface area contributed by atoms with Gasteiger partial charge in [-0.05, 0) is 76.2 Å². The van der Waals surface area contributed by atoms with Crippen LogP contribution in [-0.2, 0) is 49.9 Å². The van der Waals surface area contributed by atoms with E-state index in [0.29, 0.717) is 39.1 Å². The molecule has 8 nitrogen and oxygen atoms in total. The standard InChI is InChI=1S/C31H31F6N7O/c32-30(33,34)24-11-21(12-25(15-24)31(35,36)37)17-43(29-39-41-44(40-29)10-8-38)27-7-4-9-42(16-20-5-2-1-3-6-20)28-14-23-19-45-18-22(23)13-26(27)28/h1-3,5-6,11-15,27H,4,7-10,16-19,38H2. The molecule has 0 fully saturated rings. The Morgan fingerprint density at radius 3 is 2.24 bits per heavy atom. The third-order valence-corrected chi connectivity index (χ3v) is 8.09. The third-order valence-electron chi connectivity index (χ3n) is 8.09. The summed E-state index contributed by atoms with van der Waals surface area (Å²) >= 11 is 0. The molecule has 6 rings (SSSR count). The van der Waals surface area contributed by atoms with Gasteiger partial charge in [-0.1, -0.05) is 35.4 Å². The molecule has 0 saturated carbocycles. The summed E-state index contributed by atoms with van der Waals surface area (Å²) in [6.07, 6.45) is -8.72. The fourth-order valence-corrected chi connectivity index (χ4v) is 6.01. The molecular weight excluding hydrogens is 600 g/mol. The number of aromatic nitrogens is 4. The van der Waals surface area contributed by atoms with Crippen LogP contribution in [0, 0.1) is 0 Å². The van der Waals surface area contributed by atoms with Crippen molar-refractivity contribution in [3.8, 4) is 0 Å². The molecule has 45 heavy (non-hydrogen) atoms. The van der Waals surface area contributed by atoms with E-state index >= 15 is 0 Å². The van der Waals surface area contributed by atoms with E-state index in [9.17, 15) is 26.3 Å². The Kier molecular flexibility index (Phi) is 8.44. The Morgan fingerprint density at radius 1 is 0.889 bits per heavy atom. The summed E-state index contributed by atoms with van der Waals surface area (Å²) in [7, 11) is 0. The summed E-state index contributed by atoms with van der Waals surface area (Å²) in [6, 6.07) is 15.2. The monoisotopic (exact) mass is 631 g/mol. The lowest BCUT2D eigenvalue weighted by atomic mass is 9.95. The van der Waals surface area contributed by atoms with Gasteiger partial charge in [0, 0.05) is 31.9 Å². The minimum atomic E-state index is -4.98. The first-order valence-corrected chi connectivity index (χ1v) is 14.5. The second-order valence-corrected chi connectivity index (χ2v) is 11.3. The highest BCUT2D eigenvalue weighted by molar-refractivity contribution is 5.62. The van der Waals surface area contributed by atoms with Gasteiger partial charge >= 0.3 is 12.4 Å². The zero-order chi connectivity index (χ0) is 31.8. The summed E-state index contributed by atoms with van der Waals surface area (Å²) in [5, 5.41) is 12.7. The van der Waals surface area contributed by atoms with Crippen LogP contribution in [0.25, 0.3) is 0 Å². The summed E-state index contributed by atoms with van der Waals surface area (Å²) in [5.41, 5.74) is 7.65. The SMILES string of the molecule is NCCn1nnc(N(Cc2cc(C(F)(F)F)cc(C(F)(F)F)c2)C2CCCN(Cc3ccccc3)c3cc4c(cc32)COC4)n1. The molecule has 0 radical (unpaired) electrons. The smallest absolute Gasteiger partial charge is 0.372 e. The second kappa shape index (κ2) is 12.3. The van der Waals surface area contributed by atoms with Crippen LogP contribution >= 0.6 is 0 Å². The lowest BCUT2D eigenvalue weighted by molar-refractivity contribution is -0.143. The normalized spacial score (nSPS) is 16.8. The van der Waals surface area contributed by atoms with Gasteiger partial charge < -0.3 is 20.3 Å². The van der Waals surface area contributed by atoms with Gasteiger partial charge in [0.05, 0.1) is 36.9 Å². The van der Waals surface area contributed by atoms with Crippen LogP contribution < -0.4 is 15.5 Å². The molecule has 0 saturated heterocycles. The minimum absolute atomic E-state index is 0.0821. The van der Waals surface area contributed by atoms with Gasteiger partial charge in [0.1, 0.15) is 0 Å². The first-order valence-electron chi connectivity index (χ1n) is 14.5. The molecular formula is C31H31F6N7O. The van der Waals surface area contributed by atoms with Crippen LogP contribution in [0.4, 0.5) is 38.0 Å². The maximum atomic E-state index is 13.8. The Labute approximate surface area is 255 Å². The number of hydrogen-bond acceptors (Lipinski definition) is 7. The van der Waals surface area contributed by atoms with Gasteiger partial charge in [-0.3, -0.25) is 0 Å². The molecule has 3 heterocycles. The molecule has 238 valence electrons. The van der Waals surface area contributed by atoms with E-state index in [1.807, 2.05) is 36.4 Å². The molecule has 4 aromatic rings. The van der Waals surface area contributed by atoms with Crippen LogP contribution in [0.15, 0.2) is 60.7 Å². The first kappa shape index (κ1) is 30.8. The van der Waals surface area contributed by atoms with Crippen molar-refractivity contribution in [1.29, 1.82) is 0 Å². The summed E-state index contributed by atoms with van der Waals surface area (Å²) in [6.45, 7) is 2.29.